The number of para-hydroxylation sites is 1. The Hall–Kier alpha value is -3.83. The number of ether oxygens (including phenoxy) is 2. The van der Waals surface area contributed by atoms with Crippen LogP contribution in [0.4, 0.5) is 5.69 Å². The molecule has 1 N–H and O–H groups in total. The second kappa shape index (κ2) is 11.4. The van der Waals surface area contributed by atoms with Crippen LogP contribution in [0, 0.1) is 11.3 Å². The SMILES string of the molecule is N#CCSc1ccccc1NC(=O)COC(=O)c1ccc(OCc2cccnc2)cc1. The zero-order valence-electron chi connectivity index (χ0n) is 16.5. The highest BCUT2D eigenvalue weighted by atomic mass is 32.2. The topological polar surface area (TPSA) is 101 Å². The van der Waals surface area contributed by atoms with Gasteiger partial charge in [-0.2, -0.15) is 5.26 Å². The van der Waals surface area contributed by atoms with Crippen molar-refractivity contribution in [2.75, 3.05) is 17.7 Å². The monoisotopic (exact) mass is 433 g/mol. The van der Waals surface area contributed by atoms with Crippen LogP contribution in [0.1, 0.15) is 15.9 Å². The Morgan fingerprint density at radius 2 is 1.87 bits per heavy atom. The molecule has 156 valence electrons. The molecule has 3 aromatic rings. The molecule has 0 fully saturated rings. The first-order valence-electron chi connectivity index (χ1n) is 9.33. The molecule has 0 saturated carbocycles. The van der Waals surface area contributed by atoms with E-state index in [-0.39, 0.29) is 5.75 Å². The minimum absolute atomic E-state index is 0.268. The standard InChI is InChI=1S/C23H19N3O4S/c24-11-13-31-21-6-2-1-5-20(21)26-22(27)16-30-23(28)18-7-9-19(10-8-18)29-15-17-4-3-12-25-14-17/h1-10,12,14H,13,15-16H2,(H,26,27). The molecule has 2 aromatic carbocycles. The number of rotatable bonds is 9. The number of anilines is 1. The molecule has 1 amide bonds. The Bertz CT molecular complexity index is 1070. The lowest BCUT2D eigenvalue weighted by molar-refractivity contribution is -0.119. The van der Waals surface area contributed by atoms with Crippen LogP contribution in [0.5, 0.6) is 5.75 Å². The van der Waals surface area contributed by atoms with Crippen molar-refractivity contribution in [1.82, 2.24) is 4.98 Å². The number of carbonyl (C=O) groups excluding carboxylic acids is 2. The van der Waals surface area contributed by atoms with Gasteiger partial charge in [-0.3, -0.25) is 9.78 Å². The lowest BCUT2D eigenvalue weighted by Crippen LogP contribution is -2.21. The van der Waals surface area contributed by atoms with E-state index in [0.29, 0.717) is 23.6 Å². The molecule has 0 radical (unpaired) electrons. The van der Waals surface area contributed by atoms with Crippen molar-refractivity contribution < 1.29 is 19.1 Å². The average Bonchev–Trinajstić information content (AvgIpc) is 2.81. The highest BCUT2D eigenvalue weighted by molar-refractivity contribution is 7.99. The fourth-order valence-electron chi connectivity index (χ4n) is 2.54. The van der Waals surface area contributed by atoms with Crippen LogP contribution in [0.15, 0.2) is 78.0 Å². The summed E-state index contributed by atoms with van der Waals surface area (Å²) in [5.74, 6) is -0.204. The van der Waals surface area contributed by atoms with E-state index in [9.17, 15) is 9.59 Å². The van der Waals surface area contributed by atoms with Gasteiger partial charge < -0.3 is 14.8 Å². The van der Waals surface area contributed by atoms with Crippen molar-refractivity contribution in [2.24, 2.45) is 0 Å². The third kappa shape index (κ3) is 6.87. The maximum absolute atomic E-state index is 12.2. The van der Waals surface area contributed by atoms with E-state index in [1.807, 2.05) is 30.3 Å². The van der Waals surface area contributed by atoms with E-state index in [1.165, 1.54) is 11.8 Å². The van der Waals surface area contributed by atoms with Crippen LogP contribution in [-0.4, -0.2) is 29.2 Å². The molecule has 7 nitrogen and oxygen atoms in total. The maximum Gasteiger partial charge on any atom is 0.338 e. The lowest BCUT2D eigenvalue weighted by atomic mass is 10.2. The van der Waals surface area contributed by atoms with Crippen LogP contribution in [0.2, 0.25) is 0 Å². The van der Waals surface area contributed by atoms with Crippen molar-refractivity contribution in [1.29, 1.82) is 5.26 Å². The van der Waals surface area contributed by atoms with Gasteiger partial charge in [-0.05, 0) is 42.5 Å². The number of carbonyl (C=O) groups is 2. The average molecular weight is 433 g/mol. The summed E-state index contributed by atoms with van der Waals surface area (Å²) >= 11 is 1.32. The Morgan fingerprint density at radius 1 is 1.06 bits per heavy atom. The predicted octanol–water partition coefficient (Wildman–Crippen LogP) is 4.07. The number of hydrogen-bond donors (Lipinski definition) is 1. The van der Waals surface area contributed by atoms with Crippen LogP contribution in [0.3, 0.4) is 0 Å². The van der Waals surface area contributed by atoms with E-state index >= 15 is 0 Å². The number of hydrogen-bond acceptors (Lipinski definition) is 7. The molecule has 0 unspecified atom stereocenters. The molecular weight excluding hydrogens is 414 g/mol. The molecule has 1 aromatic heterocycles. The molecule has 0 saturated heterocycles. The van der Waals surface area contributed by atoms with Gasteiger partial charge in [0.15, 0.2) is 6.61 Å². The summed E-state index contributed by atoms with van der Waals surface area (Å²) in [6.45, 7) is -0.0543. The Morgan fingerprint density at radius 3 is 2.61 bits per heavy atom. The fraction of sp³-hybridized carbons (Fsp3) is 0.130. The smallest absolute Gasteiger partial charge is 0.338 e. The number of nitrogens with zero attached hydrogens (tertiary/aromatic N) is 2. The van der Waals surface area contributed by atoms with Crippen LogP contribution >= 0.6 is 11.8 Å². The third-order valence-electron chi connectivity index (χ3n) is 4.01. The zero-order chi connectivity index (χ0) is 21.9. The van der Waals surface area contributed by atoms with Crippen molar-refractivity contribution in [3.63, 3.8) is 0 Å². The van der Waals surface area contributed by atoms with E-state index in [4.69, 9.17) is 14.7 Å². The highest BCUT2D eigenvalue weighted by Crippen LogP contribution is 2.26. The van der Waals surface area contributed by atoms with Gasteiger partial charge in [0.05, 0.1) is 23.1 Å². The molecule has 1 heterocycles. The van der Waals surface area contributed by atoms with E-state index in [1.54, 1.807) is 48.8 Å². The lowest BCUT2D eigenvalue weighted by Gasteiger charge is -2.10. The Kier molecular flexibility index (Phi) is 8.03. The van der Waals surface area contributed by atoms with E-state index < -0.39 is 18.5 Å². The fourth-order valence-corrected chi connectivity index (χ4v) is 3.21. The molecule has 0 spiro atoms. The maximum atomic E-state index is 12.2. The largest absolute Gasteiger partial charge is 0.489 e. The number of pyridine rings is 1. The molecule has 3 rings (SSSR count). The number of nitriles is 1. The molecule has 0 bridgehead atoms. The summed E-state index contributed by atoms with van der Waals surface area (Å²) in [6, 6.07) is 19.4. The number of esters is 1. The molecule has 0 aliphatic carbocycles. The summed E-state index contributed by atoms with van der Waals surface area (Å²) in [5.41, 5.74) is 1.81. The number of nitrogens with one attached hydrogen (secondary N) is 1. The quantitative estimate of drug-likeness (QED) is 0.401. The van der Waals surface area contributed by atoms with Gasteiger partial charge in [0.1, 0.15) is 12.4 Å². The van der Waals surface area contributed by atoms with Gasteiger partial charge >= 0.3 is 5.97 Å². The van der Waals surface area contributed by atoms with Crippen molar-refractivity contribution in [2.45, 2.75) is 11.5 Å². The first-order valence-corrected chi connectivity index (χ1v) is 10.3. The predicted molar refractivity (Wildman–Crippen MR) is 117 cm³/mol. The van der Waals surface area contributed by atoms with Crippen molar-refractivity contribution in [3.8, 4) is 11.8 Å². The molecule has 8 heteroatoms. The van der Waals surface area contributed by atoms with Crippen LogP contribution in [0.25, 0.3) is 0 Å². The molecule has 0 atom stereocenters. The molecule has 0 aliphatic rings. The summed E-state index contributed by atoms with van der Waals surface area (Å²) < 4.78 is 10.7. The first kappa shape index (κ1) is 21.9. The number of amides is 1. The Labute approximate surface area is 184 Å². The third-order valence-corrected chi connectivity index (χ3v) is 4.95. The second-order valence-electron chi connectivity index (χ2n) is 6.24. The highest BCUT2D eigenvalue weighted by Gasteiger charge is 2.12. The number of aromatic nitrogens is 1. The van der Waals surface area contributed by atoms with Gasteiger partial charge in [-0.15, -0.1) is 11.8 Å². The zero-order valence-corrected chi connectivity index (χ0v) is 17.3. The number of thioether (sulfide) groups is 1. The van der Waals surface area contributed by atoms with Crippen LogP contribution < -0.4 is 10.1 Å². The van der Waals surface area contributed by atoms with Gasteiger partial charge in [-0.1, -0.05) is 18.2 Å². The molecule has 31 heavy (non-hydrogen) atoms. The Balaban J connectivity index is 1.48. The second-order valence-corrected chi connectivity index (χ2v) is 7.26. The molecular formula is C23H19N3O4S. The van der Waals surface area contributed by atoms with E-state index in [2.05, 4.69) is 10.3 Å². The van der Waals surface area contributed by atoms with Crippen molar-refractivity contribution in [3.05, 3.63) is 84.2 Å². The van der Waals surface area contributed by atoms with Gasteiger partial charge in [0.2, 0.25) is 0 Å². The summed E-state index contributed by atoms with van der Waals surface area (Å²) in [7, 11) is 0. The van der Waals surface area contributed by atoms with Crippen LogP contribution in [-0.2, 0) is 16.1 Å². The first-order chi connectivity index (χ1) is 15.2. The van der Waals surface area contributed by atoms with E-state index in [0.717, 1.165) is 10.5 Å². The summed E-state index contributed by atoms with van der Waals surface area (Å²) in [5, 5.41) is 11.4. The minimum Gasteiger partial charge on any atom is -0.489 e. The van der Waals surface area contributed by atoms with Gasteiger partial charge in [0, 0.05) is 22.9 Å². The summed E-state index contributed by atoms with van der Waals surface area (Å²) in [4.78, 5) is 29.2. The minimum atomic E-state index is -0.610. The van der Waals surface area contributed by atoms with Gasteiger partial charge in [0.25, 0.3) is 5.91 Å². The normalized spacial score (nSPS) is 10.0. The molecule has 0 aliphatic heterocycles. The number of benzene rings is 2. The van der Waals surface area contributed by atoms with Gasteiger partial charge in [-0.25, -0.2) is 4.79 Å². The summed E-state index contributed by atoms with van der Waals surface area (Å²) in [6.07, 6.45) is 3.41. The van der Waals surface area contributed by atoms with Crippen molar-refractivity contribution >= 4 is 29.3 Å².